The first-order chi connectivity index (χ1) is 14.3. The molecular formula is C20H23N7O2S. The highest BCUT2D eigenvalue weighted by molar-refractivity contribution is 7.22. The zero-order valence-corrected chi connectivity index (χ0v) is 18.1. The van der Waals surface area contributed by atoms with Crippen molar-refractivity contribution in [3.05, 3.63) is 42.3 Å². The zero-order valence-electron chi connectivity index (χ0n) is 17.3. The van der Waals surface area contributed by atoms with E-state index in [1.807, 2.05) is 52.3 Å². The molecule has 0 atom stereocenters. The van der Waals surface area contributed by atoms with Crippen molar-refractivity contribution in [3.8, 4) is 11.1 Å². The minimum atomic E-state index is -0.318. The number of hydrogen-bond donors (Lipinski definition) is 2. The van der Waals surface area contributed by atoms with Crippen LogP contribution < -0.4 is 10.6 Å². The fraction of sp³-hybridized carbons (Fsp3) is 0.350. The Labute approximate surface area is 177 Å². The maximum absolute atomic E-state index is 12.2. The molecule has 156 valence electrons. The van der Waals surface area contributed by atoms with Crippen LogP contribution in [0.4, 0.5) is 9.93 Å². The summed E-state index contributed by atoms with van der Waals surface area (Å²) in [7, 11) is 1.89. The van der Waals surface area contributed by atoms with Gasteiger partial charge in [0.15, 0.2) is 11.0 Å². The van der Waals surface area contributed by atoms with Gasteiger partial charge in [0.25, 0.3) is 0 Å². The van der Waals surface area contributed by atoms with Gasteiger partial charge >= 0.3 is 6.03 Å². The number of fused-ring (bicyclic) bond motifs is 1. The largest absolute Gasteiger partial charge is 0.339 e. The molecule has 10 heteroatoms. The first kappa shape index (κ1) is 20.0. The van der Waals surface area contributed by atoms with Gasteiger partial charge in [-0.25, -0.2) is 9.78 Å². The third-order valence-corrected chi connectivity index (χ3v) is 5.32. The van der Waals surface area contributed by atoms with Gasteiger partial charge in [0, 0.05) is 37.2 Å². The summed E-state index contributed by atoms with van der Waals surface area (Å²) in [6.45, 7) is 6.42. The number of amides is 2. The number of thiazole rings is 1. The molecule has 0 saturated carbocycles. The number of carbonyl (C=O) groups is 1. The van der Waals surface area contributed by atoms with E-state index in [0.717, 1.165) is 21.3 Å². The second-order valence-electron chi connectivity index (χ2n) is 8.00. The molecule has 0 unspecified atom stereocenters. The smallest absolute Gasteiger partial charge is 0.321 e. The molecule has 1 aromatic carbocycles. The van der Waals surface area contributed by atoms with Gasteiger partial charge in [-0.05, 0) is 17.7 Å². The first-order valence-electron chi connectivity index (χ1n) is 9.55. The molecule has 0 aliphatic carbocycles. The van der Waals surface area contributed by atoms with Gasteiger partial charge in [-0.15, -0.1) is 0 Å². The molecule has 3 heterocycles. The molecule has 0 aliphatic rings. The van der Waals surface area contributed by atoms with Crippen LogP contribution in [-0.4, -0.2) is 37.5 Å². The van der Waals surface area contributed by atoms with Crippen LogP contribution in [0.1, 0.15) is 32.5 Å². The molecule has 0 fully saturated rings. The van der Waals surface area contributed by atoms with E-state index in [1.165, 1.54) is 11.3 Å². The minimum absolute atomic E-state index is 0.195. The van der Waals surface area contributed by atoms with E-state index in [9.17, 15) is 4.79 Å². The molecule has 0 radical (unpaired) electrons. The molecule has 4 aromatic rings. The number of nitrogens with one attached hydrogen (secondary N) is 2. The van der Waals surface area contributed by atoms with Crippen molar-refractivity contribution in [2.75, 3.05) is 11.9 Å². The summed E-state index contributed by atoms with van der Waals surface area (Å²) >= 11 is 1.43. The zero-order chi connectivity index (χ0) is 21.3. The summed E-state index contributed by atoms with van der Waals surface area (Å²) in [6, 6.07) is 5.68. The summed E-state index contributed by atoms with van der Waals surface area (Å²) in [5, 5.41) is 14.3. The second kappa shape index (κ2) is 7.86. The molecule has 9 nitrogen and oxygen atoms in total. The molecule has 0 bridgehead atoms. The topological polar surface area (TPSA) is 111 Å². The lowest BCUT2D eigenvalue weighted by molar-refractivity contribution is 0.252. The predicted molar refractivity (Wildman–Crippen MR) is 116 cm³/mol. The van der Waals surface area contributed by atoms with E-state index < -0.39 is 0 Å². The lowest BCUT2D eigenvalue weighted by Crippen LogP contribution is -2.30. The SMILES string of the molecule is Cn1cc(-c2ccc3nc(NC(=O)NCCc4noc(C(C)(C)C)n4)sc3c2)cn1. The van der Waals surface area contributed by atoms with E-state index >= 15 is 0 Å². The number of hydrogen-bond acceptors (Lipinski definition) is 7. The summed E-state index contributed by atoms with van der Waals surface area (Å²) in [5.41, 5.74) is 2.74. The number of benzene rings is 1. The van der Waals surface area contributed by atoms with E-state index in [0.29, 0.717) is 29.8 Å². The standard InChI is InChI=1S/C20H23N7O2S/c1-20(2,3)17-24-16(26-29-17)7-8-21-18(28)25-19-23-14-6-5-12(9-15(14)30-19)13-10-22-27(4)11-13/h5-6,9-11H,7-8H2,1-4H3,(H2,21,23,25,28). The summed E-state index contributed by atoms with van der Waals surface area (Å²) < 4.78 is 8.02. The van der Waals surface area contributed by atoms with Crippen LogP contribution in [0.25, 0.3) is 21.3 Å². The molecule has 2 amide bonds. The Morgan fingerprint density at radius 3 is 2.77 bits per heavy atom. The molecule has 30 heavy (non-hydrogen) atoms. The monoisotopic (exact) mass is 425 g/mol. The fourth-order valence-electron chi connectivity index (χ4n) is 2.82. The maximum atomic E-state index is 12.2. The van der Waals surface area contributed by atoms with Crippen molar-refractivity contribution in [1.82, 2.24) is 30.2 Å². The number of carbonyl (C=O) groups excluding carboxylic acids is 1. The molecular weight excluding hydrogens is 402 g/mol. The summed E-state index contributed by atoms with van der Waals surface area (Å²) in [6.07, 6.45) is 4.27. The van der Waals surface area contributed by atoms with Crippen LogP contribution in [0.2, 0.25) is 0 Å². The molecule has 4 rings (SSSR count). The normalized spacial score (nSPS) is 11.7. The average Bonchev–Trinajstić information content (AvgIpc) is 3.39. The third-order valence-electron chi connectivity index (χ3n) is 4.39. The summed E-state index contributed by atoms with van der Waals surface area (Å²) in [4.78, 5) is 21.0. The van der Waals surface area contributed by atoms with Gasteiger partial charge in [0.05, 0.1) is 16.4 Å². The first-order valence-corrected chi connectivity index (χ1v) is 10.4. The van der Waals surface area contributed by atoms with E-state index in [1.54, 1.807) is 4.68 Å². The minimum Gasteiger partial charge on any atom is -0.339 e. The van der Waals surface area contributed by atoms with Gasteiger partial charge in [-0.3, -0.25) is 10.00 Å². The van der Waals surface area contributed by atoms with Crippen molar-refractivity contribution in [1.29, 1.82) is 0 Å². The Balaban J connectivity index is 1.34. The lowest BCUT2D eigenvalue weighted by atomic mass is 9.97. The highest BCUT2D eigenvalue weighted by Crippen LogP contribution is 2.30. The van der Waals surface area contributed by atoms with E-state index in [2.05, 4.69) is 36.9 Å². The van der Waals surface area contributed by atoms with Crippen LogP contribution in [0.5, 0.6) is 0 Å². The molecule has 0 spiro atoms. The van der Waals surface area contributed by atoms with Gasteiger partial charge < -0.3 is 9.84 Å². The third kappa shape index (κ3) is 4.48. The van der Waals surface area contributed by atoms with Crippen molar-refractivity contribution in [2.24, 2.45) is 7.05 Å². The molecule has 3 aromatic heterocycles. The van der Waals surface area contributed by atoms with Gasteiger partial charge in [-0.1, -0.05) is 43.3 Å². The van der Waals surface area contributed by atoms with Crippen LogP contribution >= 0.6 is 11.3 Å². The lowest BCUT2D eigenvalue weighted by Gasteiger charge is -2.10. The number of aryl methyl sites for hydroxylation is 1. The Morgan fingerprint density at radius 1 is 1.23 bits per heavy atom. The Kier molecular flexibility index (Phi) is 5.25. The van der Waals surface area contributed by atoms with Crippen molar-refractivity contribution in [2.45, 2.75) is 32.6 Å². The average molecular weight is 426 g/mol. The number of urea groups is 1. The number of rotatable bonds is 5. The second-order valence-corrected chi connectivity index (χ2v) is 9.03. The Bertz CT molecular complexity index is 1190. The van der Waals surface area contributed by atoms with Crippen molar-refractivity contribution < 1.29 is 9.32 Å². The number of nitrogens with zero attached hydrogens (tertiary/aromatic N) is 5. The number of aromatic nitrogens is 5. The van der Waals surface area contributed by atoms with Crippen LogP contribution in [0, 0.1) is 0 Å². The molecule has 2 N–H and O–H groups in total. The van der Waals surface area contributed by atoms with Crippen molar-refractivity contribution >= 4 is 32.7 Å². The molecule has 0 saturated heterocycles. The predicted octanol–water partition coefficient (Wildman–Crippen LogP) is 3.74. The van der Waals surface area contributed by atoms with Crippen LogP contribution in [0.3, 0.4) is 0 Å². The van der Waals surface area contributed by atoms with E-state index in [-0.39, 0.29) is 11.4 Å². The van der Waals surface area contributed by atoms with Crippen LogP contribution in [0.15, 0.2) is 35.1 Å². The highest BCUT2D eigenvalue weighted by Gasteiger charge is 2.21. The van der Waals surface area contributed by atoms with Crippen LogP contribution in [-0.2, 0) is 18.9 Å². The number of anilines is 1. The van der Waals surface area contributed by atoms with E-state index in [4.69, 9.17) is 4.52 Å². The maximum Gasteiger partial charge on any atom is 0.321 e. The quantitative estimate of drug-likeness (QED) is 0.504. The van der Waals surface area contributed by atoms with Crippen molar-refractivity contribution in [3.63, 3.8) is 0 Å². The van der Waals surface area contributed by atoms with Gasteiger partial charge in [-0.2, -0.15) is 10.1 Å². The fourth-order valence-corrected chi connectivity index (χ4v) is 3.72. The van der Waals surface area contributed by atoms with Gasteiger partial charge in [0.1, 0.15) is 0 Å². The summed E-state index contributed by atoms with van der Waals surface area (Å²) in [5.74, 6) is 1.16. The Hall–Kier alpha value is -3.27. The molecule has 0 aliphatic heterocycles. The highest BCUT2D eigenvalue weighted by atomic mass is 32.1. The Morgan fingerprint density at radius 2 is 2.07 bits per heavy atom. The van der Waals surface area contributed by atoms with Gasteiger partial charge in [0.2, 0.25) is 5.89 Å².